The smallest absolute Gasteiger partial charge is 0.339 e. The molecule has 29 heavy (non-hydrogen) atoms. The highest BCUT2D eigenvalue weighted by molar-refractivity contribution is 7.99. The van der Waals surface area contributed by atoms with Gasteiger partial charge in [-0.1, -0.05) is 18.7 Å². The van der Waals surface area contributed by atoms with Crippen LogP contribution in [0.3, 0.4) is 0 Å². The molecule has 3 rings (SSSR count). The summed E-state index contributed by atoms with van der Waals surface area (Å²) in [6.07, 6.45) is -0.848. The zero-order valence-electron chi connectivity index (χ0n) is 15.9. The molecule has 2 aromatic rings. The van der Waals surface area contributed by atoms with Crippen LogP contribution in [0.1, 0.15) is 38.3 Å². The van der Waals surface area contributed by atoms with Crippen LogP contribution in [-0.2, 0) is 11.0 Å². The zero-order chi connectivity index (χ0) is 21.0. The first-order valence-electron chi connectivity index (χ1n) is 9.42. The number of carbonyl (C=O) groups excluding carboxylic acids is 1. The molecule has 1 fully saturated rings. The molecule has 4 nitrogen and oxygen atoms in total. The van der Waals surface area contributed by atoms with E-state index < -0.39 is 17.7 Å². The van der Waals surface area contributed by atoms with Gasteiger partial charge in [0, 0.05) is 18.2 Å². The van der Waals surface area contributed by atoms with E-state index in [4.69, 9.17) is 0 Å². The van der Waals surface area contributed by atoms with Gasteiger partial charge >= 0.3 is 6.18 Å². The molecule has 0 bridgehead atoms. The van der Waals surface area contributed by atoms with Gasteiger partial charge < -0.3 is 4.90 Å². The number of nitrogens with zero attached hydrogens (tertiary/aromatic N) is 3. The van der Waals surface area contributed by atoms with Crippen LogP contribution in [0.5, 0.6) is 0 Å². The van der Waals surface area contributed by atoms with Crippen molar-refractivity contribution in [1.29, 1.82) is 0 Å². The summed E-state index contributed by atoms with van der Waals surface area (Å²) < 4.78 is 53.0. The predicted octanol–water partition coefficient (Wildman–Crippen LogP) is 5.18. The van der Waals surface area contributed by atoms with Crippen molar-refractivity contribution in [2.75, 3.05) is 12.3 Å². The Hall–Kier alpha value is -2.16. The molecular formula is C20H21F4N3OS. The lowest BCUT2D eigenvalue weighted by Crippen LogP contribution is -2.44. The van der Waals surface area contributed by atoms with E-state index in [1.54, 1.807) is 0 Å². The van der Waals surface area contributed by atoms with E-state index in [9.17, 15) is 22.4 Å². The average Bonchev–Trinajstić information content (AvgIpc) is 2.71. The lowest BCUT2D eigenvalue weighted by Gasteiger charge is -2.35. The van der Waals surface area contributed by atoms with E-state index in [-0.39, 0.29) is 28.6 Å². The van der Waals surface area contributed by atoms with Crippen molar-refractivity contribution in [2.45, 2.75) is 50.0 Å². The number of carbonyl (C=O) groups is 1. The molecule has 1 atom stereocenters. The minimum Gasteiger partial charge on any atom is -0.339 e. The first-order chi connectivity index (χ1) is 13.8. The standard InChI is InChI=1S/C20H21F4N3OS/c1-2-15-5-3-4-10-27(15)18(28)12-29-19-25-16(11-17(26-19)20(22,23)24)13-6-8-14(21)9-7-13/h6-9,11,15H,2-5,10,12H2,1H3/t15-/m1/s1. The van der Waals surface area contributed by atoms with Gasteiger partial charge in [-0.3, -0.25) is 4.79 Å². The molecule has 0 radical (unpaired) electrons. The van der Waals surface area contributed by atoms with Crippen LogP contribution in [0.25, 0.3) is 11.3 Å². The van der Waals surface area contributed by atoms with Gasteiger partial charge in [0.25, 0.3) is 0 Å². The molecule has 0 spiro atoms. The molecule has 1 aliphatic rings. The van der Waals surface area contributed by atoms with E-state index in [1.165, 1.54) is 12.1 Å². The van der Waals surface area contributed by atoms with Crippen LogP contribution >= 0.6 is 11.8 Å². The summed E-state index contributed by atoms with van der Waals surface area (Å²) in [5.74, 6) is -0.641. The number of halogens is 4. The second-order valence-corrected chi connectivity index (χ2v) is 7.80. The number of likely N-dealkylation sites (tertiary alicyclic amines) is 1. The van der Waals surface area contributed by atoms with E-state index in [1.807, 2.05) is 11.8 Å². The van der Waals surface area contributed by atoms with Gasteiger partial charge in [-0.05, 0) is 56.0 Å². The van der Waals surface area contributed by atoms with E-state index in [0.29, 0.717) is 12.1 Å². The Morgan fingerprint density at radius 3 is 2.59 bits per heavy atom. The van der Waals surface area contributed by atoms with Gasteiger partial charge in [0.15, 0.2) is 5.16 Å². The molecule has 1 amide bonds. The van der Waals surface area contributed by atoms with Crippen LogP contribution in [0, 0.1) is 5.82 Å². The largest absolute Gasteiger partial charge is 0.433 e. The highest BCUT2D eigenvalue weighted by atomic mass is 32.2. The van der Waals surface area contributed by atoms with Crippen molar-refractivity contribution >= 4 is 17.7 Å². The summed E-state index contributed by atoms with van der Waals surface area (Å²) in [7, 11) is 0. The Bertz CT molecular complexity index is 858. The van der Waals surface area contributed by atoms with E-state index >= 15 is 0 Å². The Kier molecular flexibility index (Phi) is 6.77. The normalized spacial score (nSPS) is 17.4. The lowest BCUT2D eigenvalue weighted by atomic mass is 10.0. The topological polar surface area (TPSA) is 46.1 Å². The number of rotatable bonds is 5. The molecule has 9 heteroatoms. The molecule has 1 aromatic heterocycles. The summed E-state index contributed by atoms with van der Waals surface area (Å²) >= 11 is 0.889. The lowest BCUT2D eigenvalue weighted by molar-refractivity contribution is -0.141. The summed E-state index contributed by atoms with van der Waals surface area (Å²) in [6, 6.07) is 6.03. The van der Waals surface area contributed by atoms with E-state index in [0.717, 1.165) is 55.6 Å². The molecule has 0 unspecified atom stereocenters. The summed E-state index contributed by atoms with van der Waals surface area (Å²) in [6.45, 7) is 2.69. The molecule has 0 aliphatic carbocycles. The molecule has 1 aromatic carbocycles. The summed E-state index contributed by atoms with van der Waals surface area (Å²) in [4.78, 5) is 22.2. The summed E-state index contributed by atoms with van der Waals surface area (Å²) in [5, 5.41) is -0.127. The van der Waals surface area contributed by atoms with Gasteiger partial charge in [0.2, 0.25) is 5.91 Å². The number of benzene rings is 1. The fourth-order valence-corrected chi connectivity index (χ4v) is 4.11. The van der Waals surface area contributed by atoms with Crippen molar-refractivity contribution in [3.63, 3.8) is 0 Å². The maximum atomic E-state index is 13.3. The second kappa shape index (κ2) is 9.11. The fraction of sp³-hybridized carbons (Fsp3) is 0.450. The quantitative estimate of drug-likeness (QED) is 0.375. The number of alkyl halides is 3. The summed E-state index contributed by atoms with van der Waals surface area (Å²) in [5.41, 5.74) is -0.715. The molecular weight excluding hydrogens is 406 g/mol. The molecule has 1 saturated heterocycles. The number of thioether (sulfide) groups is 1. The van der Waals surface area contributed by atoms with Crippen molar-refractivity contribution in [1.82, 2.24) is 14.9 Å². The Morgan fingerprint density at radius 2 is 1.93 bits per heavy atom. The average molecular weight is 427 g/mol. The Morgan fingerprint density at radius 1 is 1.21 bits per heavy atom. The predicted molar refractivity (Wildman–Crippen MR) is 103 cm³/mol. The van der Waals surface area contributed by atoms with Crippen molar-refractivity contribution in [3.8, 4) is 11.3 Å². The van der Waals surface area contributed by atoms with Crippen LogP contribution in [0.4, 0.5) is 17.6 Å². The Balaban J connectivity index is 1.81. The second-order valence-electron chi connectivity index (χ2n) is 6.86. The molecule has 156 valence electrons. The third-order valence-corrected chi connectivity index (χ3v) is 5.71. The third-order valence-electron chi connectivity index (χ3n) is 4.88. The minimum atomic E-state index is -4.66. The van der Waals surface area contributed by atoms with Crippen molar-refractivity contribution in [2.24, 2.45) is 0 Å². The maximum absolute atomic E-state index is 13.3. The number of piperidine rings is 1. The molecule has 1 aliphatic heterocycles. The van der Waals surface area contributed by atoms with Crippen molar-refractivity contribution < 1.29 is 22.4 Å². The maximum Gasteiger partial charge on any atom is 0.433 e. The third kappa shape index (κ3) is 5.46. The first kappa shape index (κ1) is 21.5. The number of hydrogen-bond donors (Lipinski definition) is 0. The highest BCUT2D eigenvalue weighted by Crippen LogP contribution is 2.32. The monoisotopic (exact) mass is 427 g/mol. The van der Waals surface area contributed by atoms with E-state index in [2.05, 4.69) is 9.97 Å². The number of amides is 1. The molecule has 2 heterocycles. The van der Waals surface area contributed by atoms with Crippen LogP contribution in [0.2, 0.25) is 0 Å². The van der Waals surface area contributed by atoms with Crippen LogP contribution in [-0.4, -0.2) is 39.1 Å². The van der Waals surface area contributed by atoms with Crippen LogP contribution in [0.15, 0.2) is 35.5 Å². The number of hydrogen-bond acceptors (Lipinski definition) is 4. The van der Waals surface area contributed by atoms with Gasteiger partial charge in [0.1, 0.15) is 11.5 Å². The van der Waals surface area contributed by atoms with Gasteiger partial charge in [-0.25, -0.2) is 14.4 Å². The molecule has 0 saturated carbocycles. The SMILES string of the molecule is CC[C@@H]1CCCCN1C(=O)CSc1nc(-c2ccc(F)cc2)cc(C(F)(F)F)n1. The number of aromatic nitrogens is 2. The van der Waals surface area contributed by atoms with Gasteiger partial charge in [0.05, 0.1) is 11.4 Å². The van der Waals surface area contributed by atoms with Gasteiger partial charge in [-0.15, -0.1) is 0 Å². The highest BCUT2D eigenvalue weighted by Gasteiger charge is 2.34. The minimum absolute atomic E-state index is 0.0271. The molecule has 0 N–H and O–H groups in total. The zero-order valence-corrected chi connectivity index (χ0v) is 16.7. The van der Waals surface area contributed by atoms with Crippen LogP contribution < -0.4 is 0 Å². The van der Waals surface area contributed by atoms with Gasteiger partial charge in [-0.2, -0.15) is 13.2 Å². The first-order valence-corrected chi connectivity index (χ1v) is 10.4. The van der Waals surface area contributed by atoms with Crippen molar-refractivity contribution in [3.05, 3.63) is 41.8 Å². The Labute approximate surface area is 170 Å². The fourth-order valence-electron chi connectivity index (χ4n) is 3.37.